The van der Waals surface area contributed by atoms with E-state index in [2.05, 4.69) is 61.0 Å². The molecular weight excluding hydrogens is 556 g/mol. The molecule has 0 radical (unpaired) electrons. The Bertz CT molecular complexity index is 961. The Labute approximate surface area is 178 Å². The van der Waals surface area contributed by atoms with Crippen LogP contribution < -0.4 is 10.7 Å². The standard InChI is InChI=1S/C19H15I2N3O2/c20-15-8-12(9-16(21)19(15)26)10-23-24-18(25)11-22-17-7-3-5-13-4-1-2-6-14(13)17/h1-10,22,26H,11H2,(H,24,25)/b23-10+. The number of aromatic hydroxyl groups is 1. The normalized spacial score (nSPS) is 11.0. The molecule has 26 heavy (non-hydrogen) atoms. The maximum Gasteiger partial charge on any atom is 0.259 e. The van der Waals surface area contributed by atoms with Crippen molar-refractivity contribution in [3.63, 3.8) is 0 Å². The highest BCUT2D eigenvalue weighted by atomic mass is 127. The first-order valence-corrected chi connectivity index (χ1v) is 9.92. The number of nitrogens with zero attached hydrogens (tertiary/aromatic N) is 1. The molecule has 0 saturated heterocycles. The molecule has 0 aliphatic rings. The lowest BCUT2D eigenvalue weighted by molar-refractivity contribution is -0.119. The zero-order valence-electron chi connectivity index (χ0n) is 13.5. The quantitative estimate of drug-likeness (QED) is 0.243. The van der Waals surface area contributed by atoms with Gasteiger partial charge in [0.1, 0.15) is 5.75 Å². The van der Waals surface area contributed by atoms with Crippen LogP contribution in [-0.4, -0.2) is 23.8 Å². The number of hydrogen-bond acceptors (Lipinski definition) is 4. The smallest absolute Gasteiger partial charge is 0.259 e. The third kappa shape index (κ3) is 4.64. The van der Waals surface area contributed by atoms with Crippen molar-refractivity contribution < 1.29 is 9.90 Å². The van der Waals surface area contributed by atoms with E-state index in [-0.39, 0.29) is 18.2 Å². The number of hydrogen-bond donors (Lipinski definition) is 3. The van der Waals surface area contributed by atoms with Gasteiger partial charge in [0, 0.05) is 11.1 Å². The fourth-order valence-corrected chi connectivity index (χ4v) is 4.25. The van der Waals surface area contributed by atoms with Gasteiger partial charge in [0.2, 0.25) is 0 Å². The lowest BCUT2D eigenvalue weighted by Gasteiger charge is -2.08. The zero-order valence-corrected chi connectivity index (χ0v) is 17.9. The Hall–Kier alpha value is -1.88. The van der Waals surface area contributed by atoms with Crippen LogP contribution in [0.5, 0.6) is 5.75 Å². The van der Waals surface area contributed by atoms with Crippen LogP contribution in [0.1, 0.15) is 5.56 Å². The Morgan fingerprint density at radius 2 is 1.77 bits per heavy atom. The molecule has 0 bridgehead atoms. The number of anilines is 1. The summed E-state index contributed by atoms with van der Waals surface area (Å²) in [5.41, 5.74) is 4.22. The van der Waals surface area contributed by atoms with Crippen LogP contribution in [0.25, 0.3) is 10.8 Å². The maximum atomic E-state index is 12.0. The van der Waals surface area contributed by atoms with E-state index in [9.17, 15) is 9.90 Å². The van der Waals surface area contributed by atoms with Crippen molar-refractivity contribution in [2.75, 3.05) is 11.9 Å². The highest BCUT2D eigenvalue weighted by Crippen LogP contribution is 2.26. The number of fused-ring (bicyclic) bond motifs is 1. The van der Waals surface area contributed by atoms with E-state index in [4.69, 9.17) is 0 Å². The molecular formula is C19H15I2N3O2. The minimum absolute atomic E-state index is 0.121. The monoisotopic (exact) mass is 571 g/mol. The van der Waals surface area contributed by atoms with E-state index >= 15 is 0 Å². The number of carbonyl (C=O) groups excluding carboxylic acids is 1. The minimum Gasteiger partial charge on any atom is -0.506 e. The van der Waals surface area contributed by atoms with E-state index in [1.807, 2.05) is 42.5 Å². The van der Waals surface area contributed by atoms with E-state index < -0.39 is 0 Å². The summed E-state index contributed by atoms with van der Waals surface area (Å²) in [6.07, 6.45) is 1.56. The number of hydrazone groups is 1. The number of phenols is 1. The van der Waals surface area contributed by atoms with Crippen molar-refractivity contribution in [3.8, 4) is 5.75 Å². The van der Waals surface area contributed by atoms with Gasteiger partial charge in [-0.05, 0) is 74.3 Å². The molecule has 0 saturated carbocycles. The Morgan fingerprint density at radius 3 is 2.54 bits per heavy atom. The summed E-state index contributed by atoms with van der Waals surface area (Å²) in [6.45, 7) is 0.121. The molecule has 7 heteroatoms. The second-order valence-corrected chi connectivity index (χ2v) is 7.83. The second-order valence-electron chi connectivity index (χ2n) is 5.51. The average molecular weight is 571 g/mol. The van der Waals surface area contributed by atoms with Gasteiger partial charge in [-0.15, -0.1) is 0 Å². The van der Waals surface area contributed by atoms with Gasteiger partial charge >= 0.3 is 0 Å². The molecule has 0 unspecified atom stereocenters. The van der Waals surface area contributed by atoms with Gasteiger partial charge in [0.05, 0.1) is 19.9 Å². The molecule has 3 N–H and O–H groups in total. The number of rotatable bonds is 5. The molecule has 0 aliphatic heterocycles. The average Bonchev–Trinajstić information content (AvgIpc) is 2.64. The number of benzene rings is 3. The summed E-state index contributed by atoms with van der Waals surface area (Å²) >= 11 is 4.11. The Balaban J connectivity index is 1.59. The van der Waals surface area contributed by atoms with Crippen LogP contribution >= 0.6 is 45.2 Å². The van der Waals surface area contributed by atoms with Crippen LogP contribution in [0, 0.1) is 7.14 Å². The van der Waals surface area contributed by atoms with Crippen LogP contribution in [0.2, 0.25) is 0 Å². The van der Waals surface area contributed by atoms with Crippen LogP contribution in [0.15, 0.2) is 59.7 Å². The Morgan fingerprint density at radius 1 is 1.08 bits per heavy atom. The number of amides is 1. The summed E-state index contributed by atoms with van der Waals surface area (Å²) in [4.78, 5) is 12.0. The number of halogens is 2. The van der Waals surface area contributed by atoms with Gasteiger partial charge in [-0.1, -0.05) is 36.4 Å². The molecule has 5 nitrogen and oxygen atoms in total. The summed E-state index contributed by atoms with van der Waals surface area (Å²) in [5.74, 6) is 0.0176. The van der Waals surface area contributed by atoms with Crippen molar-refractivity contribution >= 4 is 73.8 Å². The third-order valence-electron chi connectivity index (χ3n) is 3.67. The molecule has 0 heterocycles. The summed E-state index contributed by atoms with van der Waals surface area (Å²) in [7, 11) is 0. The molecule has 132 valence electrons. The molecule has 0 aromatic heterocycles. The minimum atomic E-state index is -0.239. The molecule has 3 aromatic carbocycles. The van der Waals surface area contributed by atoms with E-state index in [1.165, 1.54) is 0 Å². The van der Waals surface area contributed by atoms with Crippen molar-refractivity contribution in [2.45, 2.75) is 0 Å². The van der Waals surface area contributed by atoms with Gasteiger partial charge in [0.25, 0.3) is 5.91 Å². The summed E-state index contributed by atoms with van der Waals surface area (Å²) in [6, 6.07) is 17.5. The topological polar surface area (TPSA) is 73.7 Å². The first kappa shape index (κ1) is 18.9. The number of phenolic OH excluding ortho intramolecular Hbond substituents is 1. The van der Waals surface area contributed by atoms with Crippen molar-refractivity contribution in [1.29, 1.82) is 0 Å². The predicted molar refractivity (Wildman–Crippen MR) is 122 cm³/mol. The molecule has 0 fully saturated rings. The molecule has 3 aromatic rings. The Kier molecular flexibility index (Phi) is 6.30. The first-order chi connectivity index (χ1) is 12.5. The first-order valence-electron chi connectivity index (χ1n) is 7.76. The van der Waals surface area contributed by atoms with E-state index in [0.717, 1.165) is 29.2 Å². The fourth-order valence-electron chi connectivity index (χ4n) is 2.43. The van der Waals surface area contributed by atoms with Gasteiger partial charge in [-0.25, -0.2) is 5.43 Å². The van der Waals surface area contributed by atoms with Crippen molar-refractivity contribution in [1.82, 2.24) is 5.43 Å². The largest absolute Gasteiger partial charge is 0.506 e. The lowest BCUT2D eigenvalue weighted by Crippen LogP contribution is -2.25. The molecule has 1 amide bonds. The zero-order chi connectivity index (χ0) is 18.5. The molecule has 0 spiro atoms. The highest BCUT2D eigenvalue weighted by Gasteiger charge is 2.05. The predicted octanol–water partition coefficient (Wildman–Crippen LogP) is 4.32. The number of carbonyl (C=O) groups is 1. The van der Waals surface area contributed by atoms with E-state index in [1.54, 1.807) is 18.3 Å². The SMILES string of the molecule is O=C(CNc1cccc2ccccc12)N/N=C/c1cc(I)c(O)c(I)c1. The van der Waals surface area contributed by atoms with Crippen LogP contribution in [0.3, 0.4) is 0 Å². The van der Waals surface area contributed by atoms with Crippen LogP contribution in [-0.2, 0) is 4.79 Å². The fraction of sp³-hybridized carbons (Fsp3) is 0.0526. The highest BCUT2D eigenvalue weighted by molar-refractivity contribution is 14.1. The van der Waals surface area contributed by atoms with Gasteiger partial charge < -0.3 is 10.4 Å². The van der Waals surface area contributed by atoms with Crippen LogP contribution in [0.4, 0.5) is 5.69 Å². The third-order valence-corrected chi connectivity index (χ3v) is 5.32. The maximum absolute atomic E-state index is 12.0. The lowest BCUT2D eigenvalue weighted by atomic mass is 10.1. The van der Waals surface area contributed by atoms with Crippen molar-refractivity contribution in [2.24, 2.45) is 5.10 Å². The number of nitrogens with one attached hydrogen (secondary N) is 2. The summed E-state index contributed by atoms with van der Waals surface area (Å²) in [5, 5.41) is 19.1. The molecule has 0 aliphatic carbocycles. The molecule has 0 atom stereocenters. The summed E-state index contributed by atoms with van der Waals surface area (Å²) < 4.78 is 1.47. The van der Waals surface area contributed by atoms with Gasteiger partial charge in [-0.2, -0.15) is 5.10 Å². The van der Waals surface area contributed by atoms with E-state index in [0.29, 0.717) is 0 Å². The van der Waals surface area contributed by atoms with Gasteiger partial charge in [-0.3, -0.25) is 4.79 Å². The van der Waals surface area contributed by atoms with Gasteiger partial charge in [0.15, 0.2) is 0 Å². The molecule has 3 rings (SSSR count). The second kappa shape index (κ2) is 8.67. The van der Waals surface area contributed by atoms with Crippen molar-refractivity contribution in [3.05, 3.63) is 67.3 Å².